The summed E-state index contributed by atoms with van der Waals surface area (Å²) >= 11 is 0. The maximum absolute atomic E-state index is 13.3. The average molecular weight is 189 g/mol. The van der Waals surface area contributed by atoms with Gasteiger partial charge >= 0.3 is 0 Å². The molecule has 2 N–H and O–H groups in total. The van der Waals surface area contributed by atoms with Crippen LogP contribution in [0.2, 0.25) is 0 Å². The van der Waals surface area contributed by atoms with Crippen molar-refractivity contribution in [2.24, 2.45) is 0 Å². The van der Waals surface area contributed by atoms with Crippen molar-refractivity contribution in [1.29, 1.82) is 0 Å². The second-order valence-corrected chi connectivity index (χ2v) is 2.79. The lowest BCUT2D eigenvalue weighted by Gasteiger charge is -2.01. The lowest BCUT2D eigenvalue weighted by atomic mass is 10.1. The van der Waals surface area contributed by atoms with Crippen molar-refractivity contribution < 1.29 is 4.39 Å². The zero-order chi connectivity index (χ0) is 9.97. The van der Waals surface area contributed by atoms with E-state index in [2.05, 4.69) is 9.97 Å². The third-order valence-corrected chi connectivity index (χ3v) is 1.81. The minimum Gasteiger partial charge on any atom is -0.368 e. The summed E-state index contributed by atoms with van der Waals surface area (Å²) < 4.78 is 13.3. The molecule has 4 heteroatoms. The number of nitrogen functional groups attached to an aromatic ring is 1. The molecule has 0 bridgehead atoms. The first-order valence-corrected chi connectivity index (χ1v) is 4.11. The predicted molar refractivity (Wildman–Crippen MR) is 51.8 cm³/mol. The third-order valence-electron chi connectivity index (χ3n) is 1.81. The van der Waals surface area contributed by atoms with Gasteiger partial charge in [0.1, 0.15) is 5.69 Å². The van der Waals surface area contributed by atoms with Crippen LogP contribution in [0.15, 0.2) is 36.5 Å². The molecule has 0 amide bonds. The number of hydrogen-bond donors (Lipinski definition) is 1. The van der Waals surface area contributed by atoms with Crippen LogP contribution < -0.4 is 5.73 Å². The van der Waals surface area contributed by atoms with Crippen LogP contribution >= 0.6 is 0 Å². The van der Waals surface area contributed by atoms with E-state index in [1.165, 1.54) is 0 Å². The number of hydrogen-bond acceptors (Lipinski definition) is 3. The highest BCUT2D eigenvalue weighted by atomic mass is 19.1. The first-order chi connectivity index (χ1) is 6.77. The molecular weight excluding hydrogens is 181 g/mol. The smallest absolute Gasteiger partial charge is 0.220 e. The minimum absolute atomic E-state index is 0.0743. The normalized spacial score (nSPS) is 10.1. The molecule has 0 aliphatic rings. The van der Waals surface area contributed by atoms with Crippen LogP contribution in [0.5, 0.6) is 0 Å². The van der Waals surface area contributed by atoms with Gasteiger partial charge in [0, 0.05) is 5.56 Å². The second-order valence-electron chi connectivity index (χ2n) is 2.79. The van der Waals surface area contributed by atoms with E-state index in [4.69, 9.17) is 5.73 Å². The lowest BCUT2D eigenvalue weighted by Crippen LogP contribution is -1.98. The monoisotopic (exact) mass is 189 g/mol. The summed E-state index contributed by atoms with van der Waals surface area (Å²) in [7, 11) is 0. The number of nitrogens with zero attached hydrogens (tertiary/aromatic N) is 2. The van der Waals surface area contributed by atoms with Gasteiger partial charge in [-0.1, -0.05) is 30.3 Å². The van der Waals surface area contributed by atoms with Gasteiger partial charge in [0.25, 0.3) is 0 Å². The lowest BCUT2D eigenvalue weighted by molar-refractivity contribution is 0.619. The van der Waals surface area contributed by atoms with E-state index >= 15 is 0 Å². The van der Waals surface area contributed by atoms with Crippen LogP contribution in [0.1, 0.15) is 0 Å². The van der Waals surface area contributed by atoms with Gasteiger partial charge in [0.05, 0.1) is 6.20 Å². The second kappa shape index (κ2) is 3.41. The number of anilines is 1. The zero-order valence-corrected chi connectivity index (χ0v) is 7.31. The highest BCUT2D eigenvalue weighted by molar-refractivity contribution is 5.60. The Morgan fingerprint density at radius 3 is 2.57 bits per heavy atom. The third kappa shape index (κ3) is 1.54. The Balaban J connectivity index is 2.57. The Morgan fingerprint density at radius 1 is 1.14 bits per heavy atom. The summed E-state index contributed by atoms with van der Waals surface area (Å²) in [4.78, 5) is 7.39. The van der Waals surface area contributed by atoms with E-state index in [0.29, 0.717) is 5.56 Å². The van der Waals surface area contributed by atoms with Crippen molar-refractivity contribution in [1.82, 2.24) is 9.97 Å². The standard InChI is InChI=1S/C10H8FN3/c11-8-6-13-10(12)14-9(8)7-4-2-1-3-5-7/h1-6H,(H2,12,13,14). The van der Waals surface area contributed by atoms with Gasteiger partial charge in [-0.05, 0) is 0 Å². The SMILES string of the molecule is Nc1ncc(F)c(-c2ccccc2)n1. The maximum Gasteiger partial charge on any atom is 0.220 e. The number of rotatable bonds is 1. The highest BCUT2D eigenvalue weighted by Gasteiger charge is 2.06. The van der Waals surface area contributed by atoms with Crippen molar-refractivity contribution in [2.75, 3.05) is 5.73 Å². The molecule has 0 spiro atoms. The molecule has 0 saturated carbocycles. The summed E-state index contributed by atoms with van der Waals surface area (Å²) in [6.07, 6.45) is 1.07. The van der Waals surface area contributed by atoms with Crippen LogP contribution in [-0.2, 0) is 0 Å². The fraction of sp³-hybridized carbons (Fsp3) is 0. The first kappa shape index (κ1) is 8.62. The Hall–Kier alpha value is -1.97. The summed E-state index contributed by atoms with van der Waals surface area (Å²) in [6, 6.07) is 9.02. The van der Waals surface area contributed by atoms with Crippen molar-refractivity contribution in [3.05, 3.63) is 42.3 Å². The molecule has 0 aliphatic carbocycles. The van der Waals surface area contributed by atoms with Crippen molar-refractivity contribution in [2.45, 2.75) is 0 Å². The fourth-order valence-corrected chi connectivity index (χ4v) is 1.18. The van der Waals surface area contributed by atoms with Crippen LogP contribution in [-0.4, -0.2) is 9.97 Å². The Labute approximate surface area is 80.4 Å². The molecule has 70 valence electrons. The first-order valence-electron chi connectivity index (χ1n) is 4.11. The van der Waals surface area contributed by atoms with Gasteiger partial charge in [0.2, 0.25) is 5.95 Å². The predicted octanol–water partition coefficient (Wildman–Crippen LogP) is 1.86. The van der Waals surface area contributed by atoms with E-state index in [0.717, 1.165) is 6.20 Å². The molecule has 2 rings (SSSR count). The van der Waals surface area contributed by atoms with E-state index < -0.39 is 5.82 Å². The van der Waals surface area contributed by atoms with E-state index in [1.54, 1.807) is 12.1 Å². The molecule has 0 fully saturated rings. The molecule has 0 unspecified atom stereocenters. The molecule has 3 nitrogen and oxygen atoms in total. The molecule has 14 heavy (non-hydrogen) atoms. The van der Waals surface area contributed by atoms with E-state index in [9.17, 15) is 4.39 Å². The van der Waals surface area contributed by atoms with Crippen LogP contribution in [0.25, 0.3) is 11.3 Å². The van der Waals surface area contributed by atoms with Crippen LogP contribution in [0, 0.1) is 5.82 Å². The highest BCUT2D eigenvalue weighted by Crippen LogP contribution is 2.19. The average Bonchev–Trinajstić information content (AvgIpc) is 2.23. The quantitative estimate of drug-likeness (QED) is 0.744. The zero-order valence-electron chi connectivity index (χ0n) is 7.31. The summed E-state index contributed by atoms with van der Waals surface area (Å²) in [6.45, 7) is 0. The number of nitrogens with two attached hydrogens (primary N) is 1. The molecular formula is C10H8FN3. The number of aromatic nitrogens is 2. The number of halogens is 1. The molecule has 0 atom stereocenters. The van der Waals surface area contributed by atoms with Gasteiger partial charge in [-0.3, -0.25) is 0 Å². The molecule has 0 radical (unpaired) electrons. The van der Waals surface area contributed by atoms with Crippen molar-refractivity contribution in [3.63, 3.8) is 0 Å². The Bertz CT molecular complexity index is 442. The fourth-order valence-electron chi connectivity index (χ4n) is 1.18. The summed E-state index contributed by atoms with van der Waals surface area (Å²) in [5, 5.41) is 0. The van der Waals surface area contributed by atoms with Gasteiger partial charge < -0.3 is 5.73 Å². The largest absolute Gasteiger partial charge is 0.368 e. The van der Waals surface area contributed by atoms with Gasteiger partial charge in [0.15, 0.2) is 5.82 Å². The van der Waals surface area contributed by atoms with Crippen LogP contribution in [0.4, 0.5) is 10.3 Å². The van der Waals surface area contributed by atoms with E-state index in [-0.39, 0.29) is 11.6 Å². The van der Waals surface area contributed by atoms with E-state index in [1.807, 2.05) is 18.2 Å². The molecule has 1 heterocycles. The molecule has 1 aromatic carbocycles. The number of benzene rings is 1. The van der Waals surface area contributed by atoms with Gasteiger partial charge in [-0.25, -0.2) is 14.4 Å². The van der Waals surface area contributed by atoms with Crippen LogP contribution in [0.3, 0.4) is 0 Å². The topological polar surface area (TPSA) is 51.8 Å². The van der Waals surface area contributed by atoms with Crippen molar-refractivity contribution >= 4 is 5.95 Å². The maximum atomic E-state index is 13.3. The summed E-state index contributed by atoms with van der Waals surface area (Å²) in [5.41, 5.74) is 6.30. The van der Waals surface area contributed by atoms with Gasteiger partial charge in [-0.15, -0.1) is 0 Å². The van der Waals surface area contributed by atoms with Gasteiger partial charge in [-0.2, -0.15) is 0 Å². The molecule has 1 aromatic heterocycles. The molecule has 0 aliphatic heterocycles. The minimum atomic E-state index is -0.467. The molecule has 2 aromatic rings. The van der Waals surface area contributed by atoms with Crippen molar-refractivity contribution in [3.8, 4) is 11.3 Å². The Kier molecular flexibility index (Phi) is 2.10. The summed E-state index contributed by atoms with van der Waals surface area (Å²) in [5.74, 6) is -0.393. The Morgan fingerprint density at radius 2 is 1.86 bits per heavy atom. The molecule has 0 saturated heterocycles.